The molecule has 0 nitrogen and oxygen atoms in total. The summed E-state index contributed by atoms with van der Waals surface area (Å²) in [6, 6.07) is 22.1. The standard InChI is InChI=1S/C29H24/c1-19(2)27-24-15-5-4-6-16-25(24)28-23-14-10-8-12-21(23)17-18-26(28)29(27)22-13-9-7-11-20(22)3/h4-5,7-19H,1-3H3. The third-order valence-electron chi connectivity index (χ3n) is 5.99. The lowest BCUT2D eigenvalue weighted by atomic mass is 9.79. The zero-order valence-corrected chi connectivity index (χ0v) is 17.2. The topological polar surface area (TPSA) is 0 Å². The van der Waals surface area contributed by atoms with Crippen molar-refractivity contribution in [1.82, 2.24) is 0 Å². The molecule has 29 heavy (non-hydrogen) atoms. The van der Waals surface area contributed by atoms with Gasteiger partial charge in [0, 0.05) is 0 Å². The number of rotatable bonds is 2. The summed E-state index contributed by atoms with van der Waals surface area (Å²) in [6.45, 7) is 6.83. The smallest absolute Gasteiger partial charge is 0.00141 e. The van der Waals surface area contributed by atoms with E-state index in [1.807, 2.05) is 6.08 Å². The first-order chi connectivity index (χ1) is 14.2. The molecule has 5 rings (SSSR count). The molecule has 1 aliphatic rings. The van der Waals surface area contributed by atoms with E-state index in [0.29, 0.717) is 5.92 Å². The zero-order chi connectivity index (χ0) is 20.0. The third kappa shape index (κ3) is 2.77. The summed E-state index contributed by atoms with van der Waals surface area (Å²) in [4.78, 5) is 0. The first-order valence-electron chi connectivity index (χ1n) is 10.3. The van der Waals surface area contributed by atoms with Crippen LogP contribution >= 0.6 is 0 Å². The predicted octanol–water partition coefficient (Wildman–Crippen LogP) is 8.29. The van der Waals surface area contributed by atoms with Crippen molar-refractivity contribution in [2.75, 3.05) is 0 Å². The highest BCUT2D eigenvalue weighted by atomic mass is 14.3. The number of benzene rings is 4. The molecule has 140 valence electrons. The molecule has 0 fully saturated rings. The van der Waals surface area contributed by atoms with Crippen molar-refractivity contribution in [3.8, 4) is 11.1 Å². The molecule has 0 aromatic heterocycles. The van der Waals surface area contributed by atoms with E-state index in [-0.39, 0.29) is 0 Å². The fourth-order valence-corrected chi connectivity index (χ4v) is 4.73. The predicted molar refractivity (Wildman–Crippen MR) is 127 cm³/mol. The van der Waals surface area contributed by atoms with Crippen molar-refractivity contribution >= 4 is 33.7 Å². The van der Waals surface area contributed by atoms with Crippen molar-refractivity contribution < 1.29 is 0 Å². The lowest BCUT2D eigenvalue weighted by Gasteiger charge is -2.24. The van der Waals surface area contributed by atoms with Gasteiger partial charge < -0.3 is 0 Å². The highest BCUT2D eigenvalue weighted by molar-refractivity contribution is 6.17. The van der Waals surface area contributed by atoms with Gasteiger partial charge in [0.25, 0.3) is 0 Å². The molecule has 0 N–H and O–H groups in total. The van der Waals surface area contributed by atoms with E-state index in [9.17, 15) is 0 Å². The van der Waals surface area contributed by atoms with Crippen LogP contribution in [0.3, 0.4) is 0 Å². The summed E-state index contributed by atoms with van der Waals surface area (Å²) >= 11 is 0. The normalized spacial score (nSPS) is 12.7. The van der Waals surface area contributed by atoms with Crippen LogP contribution in [0.1, 0.15) is 42.0 Å². The van der Waals surface area contributed by atoms with Crippen LogP contribution in [0.5, 0.6) is 0 Å². The molecular weight excluding hydrogens is 348 g/mol. The molecule has 0 atom stereocenters. The first-order valence-corrected chi connectivity index (χ1v) is 10.3. The Hall–Kier alpha value is -3.34. The maximum absolute atomic E-state index is 3.36. The average molecular weight is 373 g/mol. The highest BCUT2D eigenvalue weighted by Gasteiger charge is 2.22. The summed E-state index contributed by atoms with van der Waals surface area (Å²) in [7, 11) is 0. The van der Waals surface area contributed by atoms with Crippen molar-refractivity contribution in [3.63, 3.8) is 0 Å². The highest BCUT2D eigenvalue weighted by Crippen LogP contribution is 2.45. The monoisotopic (exact) mass is 372 g/mol. The third-order valence-corrected chi connectivity index (χ3v) is 5.99. The van der Waals surface area contributed by atoms with Gasteiger partial charge in [0.15, 0.2) is 0 Å². The number of allylic oxidation sites excluding steroid dienone is 2. The maximum atomic E-state index is 3.36. The van der Waals surface area contributed by atoms with E-state index in [1.54, 1.807) is 0 Å². The fraction of sp³-hybridized carbons (Fsp3) is 0.138. The number of hydrogen-bond acceptors (Lipinski definition) is 0. The summed E-state index contributed by atoms with van der Waals surface area (Å²) < 4.78 is 0. The van der Waals surface area contributed by atoms with Gasteiger partial charge in [-0.3, -0.25) is 0 Å². The fourth-order valence-electron chi connectivity index (χ4n) is 4.73. The van der Waals surface area contributed by atoms with E-state index >= 15 is 0 Å². The molecule has 0 amide bonds. The van der Waals surface area contributed by atoms with Crippen LogP contribution in [-0.2, 0) is 0 Å². The molecule has 4 aromatic rings. The molecule has 0 heterocycles. The molecule has 0 spiro atoms. The van der Waals surface area contributed by atoms with Gasteiger partial charge in [-0.25, -0.2) is 0 Å². The minimum absolute atomic E-state index is 0.408. The van der Waals surface area contributed by atoms with Crippen molar-refractivity contribution in [1.29, 1.82) is 0 Å². The Bertz CT molecular complexity index is 1360. The van der Waals surface area contributed by atoms with Gasteiger partial charge in [-0.1, -0.05) is 86.7 Å². The Morgan fingerprint density at radius 1 is 0.793 bits per heavy atom. The number of hydrogen-bond donors (Lipinski definition) is 0. The molecule has 0 radical (unpaired) electrons. The van der Waals surface area contributed by atoms with E-state index in [2.05, 4.69) is 105 Å². The van der Waals surface area contributed by atoms with Crippen LogP contribution in [-0.4, -0.2) is 0 Å². The van der Waals surface area contributed by atoms with Gasteiger partial charge in [0.2, 0.25) is 0 Å². The Morgan fingerprint density at radius 3 is 2.41 bits per heavy atom. The van der Waals surface area contributed by atoms with Gasteiger partial charge in [-0.2, -0.15) is 0 Å². The lowest BCUT2D eigenvalue weighted by Crippen LogP contribution is -2.02. The van der Waals surface area contributed by atoms with Gasteiger partial charge in [-0.05, 0) is 79.9 Å². The second-order valence-corrected chi connectivity index (χ2v) is 8.13. The minimum Gasteiger partial charge on any atom is -0.120 e. The van der Waals surface area contributed by atoms with E-state index in [1.165, 1.54) is 54.9 Å². The van der Waals surface area contributed by atoms with Gasteiger partial charge in [0.1, 0.15) is 0 Å². The SMILES string of the molecule is Cc1ccccc1-c1c(C(C)C)c2c(c3c1ccc1ccccc13)C=C=CC=C2. The minimum atomic E-state index is 0.408. The number of aryl methyl sites for hydroxylation is 1. The molecule has 0 unspecified atom stereocenters. The summed E-state index contributed by atoms with van der Waals surface area (Å²) in [5.41, 5.74) is 11.4. The van der Waals surface area contributed by atoms with E-state index < -0.39 is 0 Å². The second kappa shape index (κ2) is 6.92. The van der Waals surface area contributed by atoms with Crippen LogP contribution in [0.2, 0.25) is 0 Å². The molecule has 0 aliphatic heterocycles. The van der Waals surface area contributed by atoms with Gasteiger partial charge in [0.05, 0.1) is 0 Å². The molecule has 0 heteroatoms. The van der Waals surface area contributed by atoms with Crippen LogP contribution in [0, 0.1) is 6.92 Å². The lowest BCUT2D eigenvalue weighted by molar-refractivity contribution is 0.867. The van der Waals surface area contributed by atoms with Crippen LogP contribution in [0.15, 0.2) is 78.5 Å². The quantitative estimate of drug-likeness (QED) is 0.245. The Balaban J connectivity index is 2.10. The molecule has 0 bridgehead atoms. The van der Waals surface area contributed by atoms with Gasteiger partial charge in [-0.15, -0.1) is 5.73 Å². The molecule has 4 aromatic carbocycles. The Morgan fingerprint density at radius 2 is 1.59 bits per heavy atom. The number of fused-ring (bicyclic) bond motifs is 5. The van der Waals surface area contributed by atoms with Crippen molar-refractivity contribution in [2.24, 2.45) is 0 Å². The summed E-state index contributed by atoms with van der Waals surface area (Å²) in [5, 5.41) is 5.24. The summed E-state index contributed by atoms with van der Waals surface area (Å²) in [5.74, 6) is 0.408. The molecule has 1 aliphatic carbocycles. The van der Waals surface area contributed by atoms with Crippen LogP contribution in [0.25, 0.3) is 44.8 Å². The average Bonchev–Trinajstić information content (AvgIpc) is 2.98. The van der Waals surface area contributed by atoms with Crippen LogP contribution in [0.4, 0.5) is 0 Å². The van der Waals surface area contributed by atoms with Crippen molar-refractivity contribution in [2.45, 2.75) is 26.7 Å². The molecule has 0 saturated heterocycles. The molecule has 0 saturated carbocycles. The Labute approximate surface area is 172 Å². The van der Waals surface area contributed by atoms with E-state index in [4.69, 9.17) is 0 Å². The maximum Gasteiger partial charge on any atom is -0.00141 e. The Kier molecular flexibility index (Phi) is 4.23. The van der Waals surface area contributed by atoms with Crippen molar-refractivity contribution in [3.05, 3.63) is 101 Å². The zero-order valence-electron chi connectivity index (χ0n) is 17.2. The first kappa shape index (κ1) is 17.7. The second-order valence-electron chi connectivity index (χ2n) is 8.13. The largest absolute Gasteiger partial charge is 0.120 e. The van der Waals surface area contributed by atoms with Crippen LogP contribution < -0.4 is 0 Å². The van der Waals surface area contributed by atoms with Gasteiger partial charge >= 0.3 is 0 Å². The van der Waals surface area contributed by atoms with E-state index in [0.717, 1.165) is 0 Å². The summed E-state index contributed by atoms with van der Waals surface area (Å²) in [6.07, 6.45) is 8.56. The molecular formula is C29H24.